The molecule has 8 heteroatoms. The van der Waals surface area contributed by atoms with E-state index in [1.807, 2.05) is 12.1 Å². The molecular weight excluding hydrogens is 392 g/mol. The Kier molecular flexibility index (Phi) is 5.47. The minimum atomic E-state index is -3.52. The van der Waals surface area contributed by atoms with Crippen LogP contribution in [0.2, 0.25) is 0 Å². The summed E-state index contributed by atoms with van der Waals surface area (Å²) in [4.78, 5) is 12.7. The molecule has 2 aromatic carbocycles. The van der Waals surface area contributed by atoms with Crippen molar-refractivity contribution >= 4 is 21.6 Å². The number of para-hydroxylation sites is 2. The smallest absolute Gasteiger partial charge is 0.269 e. The Labute approximate surface area is 170 Å². The van der Waals surface area contributed by atoms with Gasteiger partial charge >= 0.3 is 0 Å². The van der Waals surface area contributed by atoms with E-state index in [1.54, 1.807) is 28.6 Å². The lowest BCUT2D eigenvalue weighted by Gasteiger charge is -2.30. The molecule has 0 unspecified atom stereocenters. The standard InChI is InChI=1S/C21H24N2O5S/c1-15-5-4-12-23(13-15)29(25,26)17-10-8-16(9-11-17)22-21(24)20-14-27-18-6-2-3-7-19(18)28-20/h2-3,6-11,15,20H,4-5,12-14H2,1H3,(H,22,24)/t15-,20+/m1/s1. The molecule has 4 rings (SSSR count). The molecule has 0 spiro atoms. The monoisotopic (exact) mass is 416 g/mol. The van der Waals surface area contributed by atoms with Gasteiger partial charge in [-0.1, -0.05) is 19.1 Å². The number of amides is 1. The first-order valence-corrected chi connectivity index (χ1v) is 11.2. The van der Waals surface area contributed by atoms with Gasteiger partial charge in [0.1, 0.15) is 6.61 Å². The number of hydrogen-bond donors (Lipinski definition) is 1. The fourth-order valence-electron chi connectivity index (χ4n) is 3.60. The van der Waals surface area contributed by atoms with Gasteiger partial charge in [0.2, 0.25) is 16.1 Å². The molecule has 1 amide bonds. The minimum Gasteiger partial charge on any atom is -0.485 e. The van der Waals surface area contributed by atoms with Gasteiger partial charge in [0.05, 0.1) is 4.90 Å². The van der Waals surface area contributed by atoms with E-state index in [-0.39, 0.29) is 17.4 Å². The molecule has 2 aromatic rings. The minimum absolute atomic E-state index is 0.114. The molecule has 2 heterocycles. The zero-order valence-corrected chi connectivity index (χ0v) is 17.0. The zero-order chi connectivity index (χ0) is 20.4. The number of benzene rings is 2. The molecule has 1 fully saturated rings. The van der Waals surface area contributed by atoms with E-state index in [9.17, 15) is 13.2 Å². The summed E-state index contributed by atoms with van der Waals surface area (Å²) in [5.41, 5.74) is 0.503. The number of piperidine rings is 1. The van der Waals surface area contributed by atoms with Crippen LogP contribution in [0, 0.1) is 5.92 Å². The van der Waals surface area contributed by atoms with Crippen molar-refractivity contribution in [2.75, 3.05) is 25.0 Å². The first-order chi connectivity index (χ1) is 13.9. The Morgan fingerprint density at radius 3 is 2.55 bits per heavy atom. The van der Waals surface area contributed by atoms with Gasteiger partial charge in [-0.25, -0.2) is 8.42 Å². The Balaban J connectivity index is 1.41. The van der Waals surface area contributed by atoms with Crippen molar-refractivity contribution in [1.82, 2.24) is 4.31 Å². The highest BCUT2D eigenvalue weighted by Gasteiger charge is 2.29. The van der Waals surface area contributed by atoms with Crippen molar-refractivity contribution in [2.24, 2.45) is 5.92 Å². The fraction of sp³-hybridized carbons (Fsp3) is 0.381. The number of carbonyl (C=O) groups is 1. The van der Waals surface area contributed by atoms with Crippen molar-refractivity contribution < 1.29 is 22.7 Å². The van der Waals surface area contributed by atoms with E-state index in [1.165, 1.54) is 12.1 Å². The second-order valence-electron chi connectivity index (χ2n) is 7.49. The lowest BCUT2D eigenvalue weighted by Crippen LogP contribution is -2.40. The Morgan fingerprint density at radius 2 is 1.83 bits per heavy atom. The van der Waals surface area contributed by atoms with Crippen LogP contribution in [-0.4, -0.2) is 44.4 Å². The molecule has 154 valence electrons. The first kappa shape index (κ1) is 19.7. The third-order valence-electron chi connectivity index (χ3n) is 5.18. The number of anilines is 1. The topological polar surface area (TPSA) is 84.9 Å². The predicted molar refractivity (Wildman–Crippen MR) is 109 cm³/mol. The van der Waals surface area contributed by atoms with Crippen LogP contribution in [-0.2, 0) is 14.8 Å². The predicted octanol–water partition coefficient (Wildman–Crippen LogP) is 2.89. The van der Waals surface area contributed by atoms with Crippen LogP contribution in [0.15, 0.2) is 53.4 Å². The van der Waals surface area contributed by atoms with Crippen molar-refractivity contribution in [3.63, 3.8) is 0 Å². The highest BCUT2D eigenvalue weighted by Crippen LogP contribution is 2.31. The summed E-state index contributed by atoms with van der Waals surface area (Å²) in [6.07, 6.45) is 1.15. The summed E-state index contributed by atoms with van der Waals surface area (Å²) in [5.74, 6) is 1.15. The highest BCUT2D eigenvalue weighted by atomic mass is 32.2. The van der Waals surface area contributed by atoms with Crippen molar-refractivity contribution in [3.8, 4) is 11.5 Å². The third kappa shape index (κ3) is 4.23. The van der Waals surface area contributed by atoms with Gasteiger partial charge in [-0.3, -0.25) is 4.79 Å². The number of nitrogens with zero attached hydrogens (tertiary/aromatic N) is 1. The van der Waals surface area contributed by atoms with Crippen molar-refractivity contribution in [3.05, 3.63) is 48.5 Å². The normalized spacial score (nSPS) is 22.1. The van der Waals surface area contributed by atoms with Crippen molar-refractivity contribution in [1.29, 1.82) is 0 Å². The summed E-state index contributed by atoms with van der Waals surface area (Å²) >= 11 is 0. The third-order valence-corrected chi connectivity index (χ3v) is 7.06. The largest absolute Gasteiger partial charge is 0.485 e. The van der Waals surface area contributed by atoms with Crippen LogP contribution >= 0.6 is 0 Å². The summed E-state index contributed by atoms with van der Waals surface area (Å²) in [5, 5.41) is 2.76. The van der Waals surface area contributed by atoms with Gasteiger partial charge in [-0.15, -0.1) is 0 Å². The van der Waals surface area contributed by atoms with E-state index in [4.69, 9.17) is 9.47 Å². The van der Waals surface area contributed by atoms with Gasteiger partial charge in [0.15, 0.2) is 11.5 Å². The second kappa shape index (κ2) is 8.04. The number of sulfonamides is 1. The number of ether oxygens (including phenoxy) is 2. The highest BCUT2D eigenvalue weighted by molar-refractivity contribution is 7.89. The number of rotatable bonds is 4. The molecule has 29 heavy (non-hydrogen) atoms. The molecule has 0 saturated carbocycles. The van der Waals surface area contributed by atoms with E-state index < -0.39 is 16.1 Å². The average Bonchev–Trinajstić information content (AvgIpc) is 2.74. The SMILES string of the molecule is C[C@@H]1CCCN(S(=O)(=O)c2ccc(NC(=O)[C@@H]3COc4ccccc4O3)cc2)C1. The van der Waals surface area contributed by atoms with Gasteiger partial charge in [0, 0.05) is 18.8 Å². The summed E-state index contributed by atoms with van der Waals surface area (Å²) in [6.45, 7) is 3.27. The number of carbonyl (C=O) groups excluding carboxylic acids is 1. The summed E-state index contributed by atoms with van der Waals surface area (Å²) in [7, 11) is -3.52. The van der Waals surface area contributed by atoms with E-state index in [0.717, 1.165) is 12.8 Å². The molecule has 1 N–H and O–H groups in total. The Morgan fingerprint density at radius 1 is 1.10 bits per heavy atom. The molecule has 2 atom stereocenters. The maximum atomic E-state index is 12.8. The molecule has 2 aliphatic heterocycles. The maximum absolute atomic E-state index is 12.8. The first-order valence-electron chi connectivity index (χ1n) is 9.73. The van der Waals surface area contributed by atoms with E-state index in [0.29, 0.717) is 36.2 Å². The Bertz CT molecular complexity index is 990. The van der Waals surface area contributed by atoms with Gasteiger partial charge in [-0.2, -0.15) is 4.31 Å². The maximum Gasteiger partial charge on any atom is 0.269 e. The van der Waals surface area contributed by atoms with E-state index >= 15 is 0 Å². The summed E-state index contributed by atoms with van der Waals surface area (Å²) < 4.78 is 38.5. The van der Waals surface area contributed by atoms with Crippen LogP contribution in [0.4, 0.5) is 5.69 Å². The lowest BCUT2D eigenvalue weighted by atomic mass is 10.0. The number of fused-ring (bicyclic) bond motifs is 1. The zero-order valence-electron chi connectivity index (χ0n) is 16.2. The van der Waals surface area contributed by atoms with Crippen molar-refractivity contribution in [2.45, 2.75) is 30.8 Å². The summed E-state index contributed by atoms with van der Waals surface area (Å²) in [6, 6.07) is 13.4. The van der Waals surface area contributed by atoms with Crippen LogP contribution in [0.1, 0.15) is 19.8 Å². The number of nitrogens with one attached hydrogen (secondary N) is 1. The van der Waals surface area contributed by atoms with Gasteiger partial charge < -0.3 is 14.8 Å². The molecule has 7 nitrogen and oxygen atoms in total. The molecule has 2 aliphatic rings. The molecule has 0 aromatic heterocycles. The van der Waals surface area contributed by atoms with Crippen LogP contribution in [0.25, 0.3) is 0 Å². The Hall–Kier alpha value is -2.58. The fourth-order valence-corrected chi connectivity index (χ4v) is 5.19. The van der Waals surface area contributed by atoms with Crippen LogP contribution < -0.4 is 14.8 Å². The van der Waals surface area contributed by atoms with Crippen LogP contribution in [0.5, 0.6) is 11.5 Å². The second-order valence-corrected chi connectivity index (χ2v) is 9.43. The molecule has 0 radical (unpaired) electrons. The molecule has 1 saturated heterocycles. The quantitative estimate of drug-likeness (QED) is 0.828. The van der Waals surface area contributed by atoms with Crippen LogP contribution in [0.3, 0.4) is 0 Å². The van der Waals surface area contributed by atoms with Gasteiger partial charge in [-0.05, 0) is 55.2 Å². The molecule has 0 aliphatic carbocycles. The average molecular weight is 416 g/mol. The number of hydrogen-bond acceptors (Lipinski definition) is 5. The van der Waals surface area contributed by atoms with E-state index in [2.05, 4.69) is 12.2 Å². The molecular formula is C21H24N2O5S. The lowest BCUT2D eigenvalue weighted by molar-refractivity contribution is -0.125. The van der Waals surface area contributed by atoms with Gasteiger partial charge in [0.25, 0.3) is 5.91 Å². The molecule has 0 bridgehead atoms.